The molecule has 4 rings (SSSR count). The summed E-state index contributed by atoms with van der Waals surface area (Å²) >= 11 is 0. The molecule has 0 fully saturated rings. The first-order valence-electron chi connectivity index (χ1n) is 9.42. The van der Waals surface area contributed by atoms with Crippen LogP contribution in [0.15, 0.2) is 66.9 Å². The topological polar surface area (TPSA) is 59.8 Å². The van der Waals surface area contributed by atoms with E-state index in [4.69, 9.17) is 0 Å². The average Bonchev–Trinajstić information content (AvgIpc) is 3.05. The number of anilines is 1. The molecular weight excluding hydrogens is 348 g/mol. The van der Waals surface area contributed by atoms with Crippen LogP contribution in [0.4, 0.5) is 5.69 Å². The lowest BCUT2D eigenvalue weighted by Crippen LogP contribution is -2.14. The van der Waals surface area contributed by atoms with Gasteiger partial charge >= 0.3 is 0 Å². The number of pyridine rings is 1. The number of imidazole rings is 1. The Morgan fingerprint density at radius 1 is 1.00 bits per heavy atom. The maximum absolute atomic E-state index is 12.3. The summed E-state index contributed by atoms with van der Waals surface area (Å²) in [6.45, 7) is 4.08. The molecule has 0 unspecified atom stereocenters. The van der Waals surface area contributed by atoms with Crippen molar-refractivity contribution in [2.24, 2.45) is 0 Å². The van der Waals surface area contributed by atoms with Gasteiger partial charge in [0.1, 0.15) is 11.3 Å². The molecule has 1 amide bonds. The number of carbonyl (C=O) groups is 1. The molecule has 0 atom stereocenters. The van der Waals surface area contributed by atoms with E-state index >= 15 is 0 Å². The SMILES string of the molecule is CCc1ccc(NC(=O)Cc2ccc(-n3c(C)nc4cccnc43)cc2)cc1. The molecule has 0 radical (unpaired) electrons. The number of nitrogens with zero attached hydrogens (tertiary/aromatic N) is 3. The van der Waals surface area contributed by atoms with Gasteiger partial charge in [0.25, 0.3) is 0 Å². The van der Waals surface area contributed by atoms with Gasteiger partial charge in [-0.25, -0.2) is 9.97 Å². The molecule has 0 bridgehead atoms. The number of nitrogens with one attached hydrogen (secondary N) is 1. The van der Waals surface area contributed by atoms with E-state index in [1.54, 1.807) is 6.20 Å². The summed E-state index contributed by atoms with van der Waals surface area (Å²) in [5.74, 6) is 0.859. The van der Waals surface area contributed by atoms with Crippen LogP contribution >= 0.6 is 0 Å². The minimum absolute atomic E-state index is 0.0251. The molecule has 1 N–H and O–H groups in total. The summed E-state index contributed by atoms with van der Waals surface area (Å²) in [5.41, 5.74) is 5.73. The zero-order chi connectivity index (χ0) is 19.5. The van der Waals surface area contributed by atoms with E-state index in [0.717, 1.165) is 40.3 Å². The fourth-order valence-electron chi connectivity index (χ4n) is 3.31. The van der Waals surface area contributed by atoms with Crippen LogP contribution in [0.25, 0.3) is 16.9 Å². The summed E-state index contributed by atoms with van der Waals surface area (Å²) in [7, 11) is 0. The molecule has 5 heteroatoms. The van der Waals surface area contributed by atoms with Crippen molar-refractivity contribution < 1.29 is 4.79 Å². The van der Waals surface area contributed by atoms with Crippen LogP contribution < -0.4 is 5.32 Å². The van der Waals surface area contributed by atoms with E-state index in [-0.39, 0.29) is 5.91 Å². The second-order valence-electron chi connectivity index (χ2n) is 6.78. The van der Waals surface area contributed by atoms with Gasteiger partial charge in [-0.15, -0.1) is 0 Å². The second-order valence-corrected chi connectivity index (χ2v) is 6.78. The van der Waals surface area contributed by atoms with Crippen molar-refractivity contribution >= 4 is 22.8 Å². The quantitative estimate of drug-likeness (QED) is 0.564. The van der Waals surface area contributed by atoms with Crippen molar-refractivity contribution in [3.63, 3.8) is 0 Å². The highest BCUT2D eigenvalue weighted by molar-refractivity contribution is 5.92. The minimum Gasteiger partial charge on any atom is -0.326 e. The van der Waals surface area contributed by atoms with Crippen LogP contribution in [-0.4, -0.2) is 20.4 Å². The molecule has 0 aliphatic carbocycles. The lowest BCUT2D eigenvalue weighted by molar-refractivity contribution is -0.115. The van der Waals surface area contributed by atoms with E-state index in [0.29, 0.717) is 6.42 Å². The Hall–Kier alpha value is -3.47. The summed E-state index contributed by atoms with van der Waals surface area (Å²) < 4.78 is 2.02. The third-order valence-corrected chi connectivity index (χ3v) is 4.79. The summed E-state index contributed by atoms with van der Waals surface area (Å²) in [4.78, 5) is 21.3. The number of aryl methyl sites for hydroxylation is 2. The first-order chi connectivity index (χ1) is 13.6. The second kappa shape index (κ2) is 7.64. The summed E-state index contributed by atoms with van der Waals surface area (Å²) in [6, 6.07) is 19.8. The highest BCUT2D eigenvalue weighted by Crippen LogP contribution is 2.20. The third kappa shape index (κ3) is 3.64. The van der Waals surface area contributed by atoms with E-state index in [1.807, 2.05) is 72.2 Å². The highest BCUT2D eigenvalue weighted by Gasteiger charge is 2.10. The van der Waals surface area contributed by atoms with Gasteiger partial charge in [0.05, 0.1) is 6.42 Å². The molecule has 2 aromatic carbocycles. The molecule has 4 aromatic rings. The Labute approximate surface area is 164 Å². The Kier molecular flexibility index (Phi) is 4.89. The van der Waals surface area contributed by atoms with Crippen LogP contribution in [0.5, 0.6) is 0 Å². The van der Waals surface area contributed by atoms with Crippen LogP contribution in [0, 0.1) is 6.92 Å². The number of fused-ring (bicyclic) bond motifs is 1. The number of amides is 1. The fourth-order valence-corrected chi connectivity index (χ4v) is 3.31. The molecule has 0 aliphatic heterocycles. The summed E-state index contributed by atoms with van der Waals surface area (Å²) in [6.07, 6.45) is 3.09. The Morgan fingerprint density at radius 2 is 1.71 bits per heavy atom. The molecule has 0 saturated carbocycles. The molecule has 2 heterocycles. The van der Waals surface area contributed by atoms with E-state index in [9.17, 15) is 4.79 Å². The number of rotatable bonds is 5. The molecule has 28 heavy (non-hydrogen) atoms. The van der Waals surface area contributed by atoms with Gasteiger partial charge in [-0.2, -0.15) is 0 Å². The van der Waals surface area contributed by atoms with Crippen LogP contribution in [-0.2, 0) is 17.6 Å². The van der Waals surface area contributed by atoms with Crippen LogP contribution in [0.2, 0.25) is 0 Å². The van der Waals surface area contributed by atoms with Crippen molar-refractivity contribution in [3.05, 3.63) is 83.8 Å². The number of hydrogen-bond donors (Lipinski definition) is 1. The van der Waals surface area contributed by atoms with Gasteiger partial charge in [-0.05, 0) is 60.9 Å². The fraction of sp³-hybridized carbons (Fsp3) is 0.174. The van der Waals surface area contributed by atoms with Gasteiger partial charge in [0.15, 0.2) is 5.65 Å². The lowest BCUT2D eigenvalue weighted by Gasteiger charge is -2.09. The van der Waals surface area contributed by atoms with Crippen molar-refractivity contribution in [1.82, 2.24) is 14.5 Å². The molecule has 0 spiro atoms. The van der Waals surface area contributed by atoms with Crippen LogP contribution in [0.3, 0.4) is 0 Å². The monoisotopic (exact) mass is 370 g/mol. The Morgan fingerprint density at radius 3 is 2.43 bits per heavy atom. The largest absolute Gasteiger partial charge is 0.326 e. The number of aromatic nitrogens is 3. The van der Waals surface area contributed by atoms with Gasteiger partial charge in [0, 0.05) is 17.6 Å². The van der Waals surface area contributed by atoms with E-state index < -0.39 is 0 Å². The predicted octanol–water partition coefficient (Wildman–Crippen LogP) is 4.47. The Bertz CT molecular complexity index is 1110. The molecule has 2 aromatic heterocycles. The van der Waals surface area contributed by atoms with Crippen molar-refractivity contribution in [2.75, 3.05) is 5.32 Å². The third-order valence-electron chi connectivity index (χ3n) is 4.79. The maximum atomic E-state index is 12.3. The number of carbonyl (C=O) groups excluding carboxylic acids is 1. The van der Waals surface area contributed by atoms with E-state index in [1.165, 1.54) is 5.56 Å². The predicted molar refractivity (Wildman–Crippen MR) is 112 cm³/mol. The number of benzene rings is 2. The maximum Gasteiger partial charge on any atom is 0.228 e. The number of hydrogen-bond acceptors (Lipinski definition) is 3. The Balaban J connectivity index is 1.48. The molecule has 0 saturated heterocycles. The molecule has 0 aliphatic rings. The van der Waals surface area contributed by atoms with Gasteiger partial charge in [-0.3, -0.25) is 9.36 Å². The first-order valence-corrected chi connectivity index (χ1v) is 9.42. The molecule has 140 valence electrons. The van der Waals surface area contributed by atoms with E-state index in [2.05, 4.69) is 22.2 Å². The zero-order valence-corrected chi connectivity index (χ0v) is 16.0. The van der Waals surface area contributed by atoms with Crippen LogP contribution in [0.1, 0.15) is 23.9 Å². The van der Waals surface area contributed by atoms with Gasteiger partial charge in [0.2, 0.25) is 5.91 Å². The normalized spacial score (nSPS) is 10.9. The van der Waals surface area contributed by atoms with Crippen molar-refractivity contribution in [1.29, 1.82) is 0 Å². The first kappa shape index (κ1) is 17.9. The van der Waals surface area contributed by atoms with Gasteiger partial charge in [-0.1, -0.05) is 31.2 Å². The minimum atomic E-state index is -0.0251. The standard InChI is InChI=1S/C23H22N4O/c1-3-17-6-10-19(11-7-17)26-22(28)15-18-8-12-20(13-9-18)27-16(2)25-21-5-4-14-24-23(21)27/h4-14H,3,15H2,1-2H3,(H,26,28). The van der Waals surface area contributed by atoms with Gasteiger partial charge < -0.3 is 5.32 Å². The van der Waals surface area contributed by atoms with Crippen molar-refractivity contribution in [3.8, 4) is 5.69 Å². The summed E-state index contributed by atoms with van der Waals surface area (Å²) in [5, 5.41) is 2.95. The van der Waals surface area contributed by atoms with Crippen molar-refractivity contribution in [2.45, 2.75) is 26.7 Å². The zero-order valence-electron chi connectivity index (χ0n) is 16.0. The highest BCUT2D eigenvalue weighted by atomic mass is 16.1. The smallest absolute Gasteiger partial charge is 0.228 e. The molecular formula is C23H22N4O. The average molecular weight is 370 g/mol. The lowest BCUT2D eigenvalue weighted by atomic mass is 10.1. The molecule has 5 nitrogen and oxygen atoms in total.